The molecule has 2 aromatic rings. The average molecular weight is 219 g/mol. The molecular weight excluding hydrogens is 205 g/mol. The summed E-state index contributed by atoms with van der Waals surface area (Å²) < 4.78 is 14.7. The highest BCUT2D eigenvalue weighted by molar-refractivity contribution is 5.20. The lowest BCUT2D eigenvalue weighted by Crippen LogP contribution is -2.12. The fourth-order valence-corrected chi connectivity index (χ4v) is 1.67. The van der Waals surface area contributed by atoms with Crippen LogP contribution in [0, 0.1) is 5.82 Å². The molecule has 4 heteroatoms. The number of benzene rings is 1. The molecule has 0 spiro atoms. The van der Waals surface area contributed by atoms with Crippen LogP contribution < -0.4 is 5.73 Å². The van der Waals surface area contributed by atoms with Gasteiger partial charge in [-0.15, -0.1) is 0 Å². The van der Waals surface area contributed by atoms with Crippen LogP contribution in [0.4, 0.5) is 4.39 Å². The first kappa shape index (κ1) is 10.8. The molecule has 1 unspecified atom stereocenters. The number of nitrogens with zero attached hydrogens (tertiary/aromatic N) is 2. The summed E-state index contributed by atoms with van der Waals surface area (Å²) in [4.78, 5) is 0. The second-order valence-corrected chi connectivity index (χ2v) is 3.89. The molecule has 1 heterocycles. The zero-order chi connectivity index (χ0) is 11.5. The van der Waals surface area contributed by atoms with Crippen LogP contribution in [0.25, 0.3) is 0 Å². The lowest BCUT2D eigenvalue weighted by molar-refractivity contribution is 0.622. The van der Waals surface area contributed by atoms with Gasteiger partial charge in [-0.1, -0.05) is 12.1 Å². The minimum absolute atomic E-state index is 0.143. The van der Waals surface area contributed by atoms with E-state index in [-0.39, 0.29) is 11.9 Å². The number of halogens is 1. The van der Waals surface area contributed by atoms with Gasteiger partial charge < -0.3 is 5.73 Å². The molecule has 0 saturated carbocycles. The summed E-state index contributed by atoms with van der Waals surface area (Å²) in [6.45, 7) is 0. The smallest absolute Gasteiger partial charge is 0.123 e. The molecule has 3 nitrogen and oxygen atoms in total. The van der Waals surface area contributed by atoms with Gasteiger partial charge in [0.1, 0.15) is 5.82 Å². The fourth-order valence-electron chi connectivity index (χ4n) is 1.67. The molecule has 0 bridgehead atoms. The summed E-state index contributed by atoms with van der Waals surface area (Å²) in [5, 5.41) is 4.06. The molecule has 1 atom stereocenters. The van der Waals surface area contributed by atoms with Gasteiger partial charge in [-0.05, 0) is 24.1 Å². The Bertz CT molecular complexity index is 479. The predicted molar refractivity (Wildman–Crippen MR) is 60.2 cm³/mol. The Morgan fingerprint density at radius 3 is 2.94 bits per heavy atom. The third-order valence-electron chi connectivity index (χ3n) is 2.50. The quantitative estimate of drug-likeness (QED) is 0.855. The zero-order valence-corrected chi connectivity index (χ0v) is 9.10. The van der Waals surface area contributed by atoms with E-state index in [0.29, 0.717) is 6.42 Å². The SMILES string of the molecule is Cn1cc(C(N)Cc2cccc(F)c2)cn1. The van der Waals surface area contributed by atoms with E-state index in [0.717, 1.165) is 11.1 Å². The zero-order valence-electron chi connectivity index (χ0n) is 9.10. The maximum atomic E-state index is 13.0. The topological polar surface area (TPSA) is 43.8 Å². The second-order valence-electron chi connectivity index (χ2n) is 3.89. The summed E-state index contributed by atoms with van der Waals surface area (Å²) in [6, 6.07) is 6.37. The number of hydrogen-bond donors (Lipinski definition) is 1. The standard InChI is InChI=1S/C12H14FN3/c1-16-8-10(7-15-16)12(14)6-9-3-2-4-11(13)5-9/h2-5,7-8,12H,6,14H2,1H3. The summed E-state index contributed by atoms with van der Waals surface area (Å²) in [6.07, 6.45) is 4.23. The first-order valence-corrected chi connectivity index (χ1v) is 5.14. The van der Waals surface area contributed by atoms with Crippen LogP contribution in [0.2, 0.25) is 0 Å². The monoisotopic (exact) mass is 219 g/mol. The van der Waals surface area contributed by atoms with Crippen LogP contribution in [0.5, 0.6) is 0 Å². The number of rotatable bonds is 3. The van der Waals surface area contributed by atoms with Crippen LogP contribution in [-0.2, 0) is 13.5 Å². The summed E-state index contributed by atoms with van der Waals surface area (Å²) in [5.74, 6) is -0.226. The van der Waals surface area contributed by atoms with Gasteiger partial charge in [-0.2, -0.15) is 5.10 Å². The molecule has 0 radical (unpaired) electrons. The highest BCUT2D eigenvalue weighted by Gasteiger charge is 2.09. The molecule has 84 valence electrons. The van der Waals surface area contributed by atoms with Crippen LogP contribution in [0.1, 0.15) is 17.2 Å². The van der Waals surface area contributed by atoms with E-state index < -0.39 is 0 Å². The predicted octanol–water partition coefficient (Wildman–Crippen LogP) is 1.80. The highest BCUT2D eigenvalue weighted by atomic mass is 19.1. The second kappa shape index (κ2) is 4.45. The Hall–Kier alpha value is -1.68. The number of aryl methyl sites for hydroxylation is 1. The summed E-state index contributed by atoms with van der Waals surface area (Å²) in [5.41, 5.74) is 7.88. The molecule has 2 rings (SSSR count). The number of aromatic nitrogens is 2. The highest BCUT2D eigenvalue weighted by Crippen LogP contribution is 2.15. The van der Waals surface area contributed by atoms with Crippen molar-refractivity contribution in [2.24, 2.45) is 12.8 Å². The van der Waals surface area contributed by atoms with E-state index in [1.54, 1.807) is 16.9 Å². The van der Waals surface area contributed by atoms with E-state index in [2.05, 4.69) is 5.10 Å². The minimum atomic E-state index is -0.226. The van der Waals surface area contributed by atoms with Crippen molar-refractivity contribution in [1.82, 2.24) is 9.78 Å². The average Bonchev–Trinajstić information content (AvgIpc) is 2.65. The lowest BCUT2D eigenvalue weighted by Gasteiger charge is -2.09. The van der Waals surface area contributed by atoms with E-state index in [4.69, 9.17) is 5.73 Å². The van der Waals surface area contributed by atoms with E-state index >= 15 is 0 Å². The normalized spacial score (nSPS) is 12.7. The van der Waals surface area contributed by atoms with Gasteiger partial charge in [0, 0.05) is 24.8 Å². The van der Waals surface area contributed by atoms with Crippen molar-refractivity contribution in [1.29, 1.82) is 0 Å². The van der Waals surface area contributed by atoms with Crippen LogP contribution in [0.3, 0.4) is 0 Å². The molecule has 2 N–H and O–H groups in total. The molecule has 0 fully saturated rings. The molecule has 0 amide bonds. The van der Waals surface area contributed by atoms with Gasteiger partial charge in [0.25, 0.3) is 0 Å². The Morgan fingerprint density at radius 1 is 1.50 bits per heavy atom. The third kappa shape index (κ3) is 2.46. The van der Waals surface area contributed by atoms with Gasteiger partial charge in [-0.3, -0.25) is 4.68 Å². The van der Waals surface area contributed by atoms with Crippen LogP contribution in [-0.4, -0.2) is 9.78 Å². The van der Waals surface area contributed by atoms with Gasteiger partial charge >= 0.3 is 0 Å². The fraction of sp³-hybridized carbons (Fsp3) is 0.250. The first-order chi connectivity index (χ1) is 7.65. The van der Waals surface area contributed by atoms with Crippen molar-refractivity contribution >= 4 is 0 Å². The number of hydrogen-bond acceptors (Lipinski definition) is 2. The molecule has 16 heavy (non-hydrogen) atoms. The molecule has 0 aliphatic heterocycles. The van der Waals surface area contributed by atoms with E-state index in [1.807, 2.05) is 19.3 Å². The van der Waals surface area contributed by atoms with Crippen molar-refractivity contribution in [3.8, 4) is 0 Å². The molecule has 0 aliphatic carbocycles. The molecule has 0 saturated heterocycles. The van der Waals surface area contributed by atoms with Gasteiger partial charge in [0.2, 0.25) is 0 Å². The lowest BCUT2D eigenvalue weighted by atomic mass is 10.0. The van der Waals surface area contributed by atoms with Crippen LogP contribution >= 0.6 is 0 Å². The van der Waals surface area contributed by atoms with Gasteiger partial charge in [-0.25, -0.2) is 4.39 Å². The van der Waals surface area contributed by atoms with Crippen molar-refractivity contribution in [2.45, 2.75) is 12.5 Å². The Kier molecular flexibility index (Phi) is 3.01. The molecule has 1 aromatic carbocycles. The van der Waals surface area contributed by atoms with Crippen LogP contribution in [0.15, 0.2) is 36.7 Å². The number of nitrogens with two attached hydrogens (primary N) is 1. The van der Waals surface area contributed by atoms with E-state index in [1.165, 1.54) is 12.1 Å². The Balaban J connectivity index is 2.10. The minimum Gasteiger partial charge on any atom is -0.324 e. The maximum Gasteiger partial charge on any atom is 0.123 e. The summed E-state index contributed by atoms with van der Waals surface area (Å²) >= 11 is 0. The van der Waals surface area contributed by atoms with E-state index in [9.17, 15) is 4.39 Å². The molecule has 0 aliphatic rings. The third-order valence-corrected chi connectivity index (χ3v) is 2.50. The van der Waals surface area contributed by atoms with Crippen molar-refractivity contribution in [2.75, 3.05) is 0 Å². The Morgan fingerprint density at radius 2 is 2.31 bits per heavy atom. The van der Waals surface area contributed by atoms with Crippen molar-refractivity contribution in [3.63, 3.8) is 0 Å². The van der Waals surface area contributed by atoms with Gasteiger partial charge in [0.05, 0.1) is 6.20 Å². The van der Waals surface area contributed by atoms with Crippen molar-refractivity contribution < 1.29 is 4.39 Å². The molecular formula is C12H14FN3. The maximum absolute atomic E-state index is 13.0. The largest absolute Gasteiger partial charge is 0.324 e. The summed E-state index contributed by atoms with van der Waals surface area (Å²) in [7, 11) is 1.85. The first-order valence-electron chi connectivity index (χ1n) is 5.14. The van der Waals surface area contributed by atoms with Gasteiger partial charge in [0.15, 0.2) is 0 Å². The molecule has 1 aromatic heterocycles. The Labute approximate surface area is 93.7 Å². The van der Waals surface area contributed by atoms with Crippen molar-refractivity contribution in [3.05, 3.63) is 53.6 Å².